The van der Waals surface area contributed by atoms with Crippen molar-refractivity contribution >= 4 is 11.9 Å². The SMILES string of the molecule is CN=C(NCC(C)(C)N1CC(C)OC(C)C1)N1CCCC2(CNC(=O)C2)C1. The van der Waals surface area contributed by atoms with Gasteiger partial charge in [-0.25, -0.2) is 0 Å². The number of carbonyl (C=O) groups excluding carboxylic acids is 1. The van der Waals surface area contributed by atoms with E-state index in [0.29, 0.717) is 6.42 Å². The zero-order chi connectivity index (χ0) is 19.7. The van der Waals surface area contributed by atoms with Gasteiger partial charge in [0, 0.05) is 63.7 Å². The minimum absolute atomic E-state index is 0.0145. The molecule has 7 heteroatoms. The van der Waals surface area contributed by atoms with E-state index in [1.807, 2.05) is 7.05 Å². The topological polar surface area (TPSA) is 69.2 Å². The number of likely N-dealkylation sites (tertiary alicyclic amines) is 1. The fourth-order valence-corrected chi connectivity index (χ4v) is 4.84. The number of aliphatic imine (C=N–C) groups is 1. The first-order valence-electron chi connectivity index (χ1n) is 10.4. The van der Waals surface area contributed by atoms with Gasteiger partial charge in [0.1, 0.15) is 0 Å². The second-order valence-corrected chi connectivity index (χ2v) is 9.35. The Bertz CT molecular complexity index is 569. The van der Waals surface area contributed by atoms with Crippen LogP contribution in [0.3, 0.4) is 0 Å². The van der Waals surface area contributed by atoms with E-state index < -0.39 is 0 Å². The highest BCUT2D eigenvalue weighted by molar-refractivity contribution is 5.81. The first kappa shape index (κ1) is 20.4. The summed E-state index contributed by atoms with van der Waals surface area (Å²) in [4.78, 5) is 21.2. The molecule has 0 radical (unpaired) electrons. The molecular weight excluding hydrogens is 342 g/mol. The Morgan fingerprint density at radius 2 is 2.07 bits per heavy atom. The maximum Gasteiger partial charge on any atom is 0.220 e. The highest BCUT2D eigenvalue weighted by Crippen LogP contribution is 2.36. The van der Waals surface area contributed by atoms with Crippen molar-refractivity contribution in [2.75, 3.05) is 46.3 Å². The van der Waals surface area contributed by atoms with Gasteiger partial charge >= 0.3 is 0 Å². The highest BCUT2D eigenvalue weighted by atomic mass is 16.5. The number of nitrogens with one attached hydrogen (secondary N) is 2. The van der Waals surface area contributed by atoms with E-state index in [2.05, 4.69) is 53.1 Å². The molecular formula is C20H37N5O2. The first-order chi connectivity index (χ1) is 12.7. The molecule has 3 aliphatic heterocycles. The number of guanidine groups is 1. The van der Waals surface area contributed by atoms with E-state index in [1.54, 1.807) is 0 Å². The first-order valence-corrected chi connectivity index (χ1v) is 10.4. The van der Waals surface area contributed by atoms with Crippen molar-refractivity contribution in [3.05, 3.63) is 0 Å². The van der Waals surface area contributed by atoms with Crippen molar-refractivity contribution in [3.63, 3.8) is 0 Å². The third kappa shape index (κ3) is 4.74. The summed E-state index contributed by atoms with van der Waals surface area (Å²) in [6.07, 6.45) is 3.41. The van der Waals surface area contributed by atoms with Crippen molar-refractivity contribution in [2.24, 2.45) is 10.4 Å². The van der Waals surface area contributed by atoms with Crippen LogP contribution in [0.25, 0.3) is 0 Å². The van der Waals surface area contributed by atoms with Gasteiger partial charge in [-0.1, -0.05) is 0 Å². The van der Waals surface area contributed by atoms with Gasteiger partial charge < -0.3 is 20.3 Å². The third-order valence-electron chi connectivity index (χ3n) is 6.32. The average molecular weight is 380 g/mol. The summed E-state index contributed by atoms with van der Waals surface area (Å²) >= 11 is 0. The van der Waals surface area contributed by atoms with Crippen LogP contribution in [0.2, 0.25) is 0 Å². The normalized spacial score (nSPS) is 33.4. The van der Waals surface area contributed by atoms with Gasteiger partial charge in [0.15, 0.2) is 5.96 Å². The number of amides is 1. The molecule has 1 spiro atoms. The fourth-order valence-electron chi connectivity index (χ4n) is 4.84. The summed E-state index contributed by atoms with van der Waals surface area (Å²) in [7, 11) is 1.85. The number of carbonyl (C=O) groups is 1. The lowest BCUT2D eigenvalue weighted by Gasteiger charge is -2.46. The lowest BCUT2D eigenvalue weighted by Crippen LogP contribution is -2.60. The largest absolute Gasteiger partial charge is 0.373 e. The average Bonchev–Trinajstić information content (AvgIpc) is 2.94. The molecule has 3 atom stereocenters. The van der Waals surface area contributed by atoms with Crippen molar-refractivity contribution in [2.45, 2.75) is 64.7 Å². The summed E-state index contributed by atoms with van der Waals surface area (Å²) in [6, 6.07) is 0. The van der Waals surface area contributed by atoms with Gasteiger partial charge in [-0.2, -0.15) is 0 Å². The molecule has 0 aromatic carbocycles. The zero-order valence-corrected chi connectivity index (χ0v) is 17.7. The predicted octanol–water partition coefficient (Wildman–Crippen LogP) is 1.05. The van der Waals surface area contributed by atoms with E-state index in [0.717, 1.165) is 58.1 Å². The van der Waals surface area contributed by atoms with Crippen LogP contribution in [-0.4, -0.2) is 85.7 Å². The molecule has 0 aliphatic carbocycles. The number of hydrogen-bond acceptors (Lipinski definition) is 4. The molecule has 3 unspecified atom stereocenters. The molecule has 2 N–H and O–H groups in total. The van der Waals surface area contributed by atoms with Crippen LogP contribution in [-0.2, 0) is 9.53 Å². The maximum absolute atomic E-state index is 11.8. The second-order valence-electron chi connectivity index (χ2n) is 9.35. The third-order valence-corrected chi connectivity index (χ3v) is 6.32. The zero-order valence-electron chi connectivity index (χ0n) is 17.7. The van der Waals surface area contributed by atoms with Gasteiger partial charge in [-0.15, -0.1) is 0 Å². The molecule has 1 amide bonds. The summed E-state index contributed by atoms with van der Waals surface area (Å²) < 4.78 is 5.89. The number of morpholine rings is 1. The van der Waals surface area contributed by atoms with Crippen LogP contribution in [0.1, 0.15) is 47.0 Å². The fraction of sp³-hybridized carbons (Fsp3) is 0.900. The molecule has 154 valence electrons. The van der Waals surface area contributed by atoms with Crippen molar-refractivity contribution < 1.29 is 9.53 Å². The molecule has 3 saturated heterocycles. The summed E-state index contributed by atoms with van der Waals surface area (Å²) in [5.41, 5.74) is 0.0954. The van der Waals surface area contributed by atoms with E-state index >= 15 is 0 Å². The Labute approximate surface area is 163 Å². The molecule has 0 bridgehead atoms. The Balaban J connectivity index is 1.59. The monoisotopic (exact) mass is 379 g/mol. The molecule has 3 heterocycles. The summed E-state index contributed by atoms with van der Waals surface area (Å²) in [6.45, 7) is 14.3. The van der Waals surface area contributed by atoms with Gasteiger partial charge in [0.05, 0.1) is 12.2 Å². The van der Waals surface area contributed by atoms with Crippen LogP contribution in [0.5, 0.6) is 0 Å². The van der Waals surface area contributed by atoms with Gasteiger partial charge in [-0.05, 0) is 40.5 Å². The second kappa shape index (κ2) is 7.95. The van der Waals surface area contributed by atoms with Crippen LogP contribution in [0, 0.1) is 5.41 Å². The molecule has 0 aromatic rings. The minimum Gasteiger partial charge on any atom is -0.373 e. The predicted molar refractivity (Wildman–Crippen MR) is 108 cm³/mol. The van der Waals surface area contributed by atoms with E-state index in [-0.39, 0.29) is 29.1 Å². The minimum atomic E-state index is 0.0145. The summed E-state index contributed by atoms with van der Waals surface area (Å²) in [5.74, 6) is 1.15. The van der Waals surface area contributed by atoms with Crippen LogP contribution >= 0.6 is 0 Å². The van der Waals surface area contributed by atoms with E-state index in [4.69, 9.17) is 4.74 Å². The van der Waals surface area contributed by atoms with Crippen LogP contribution in [0.15, 0.2) is 4.99 Å². The quantitative estimate of drug-likeness (QED) is 0.567. The smallest absolute Gasteiger partial charge is 0.220 e. The van der Waals surface area contributed by atoms with Gasteiger partial charge in [-0.3, -0.25) is 14.7 Å². The maximum atomic E-state index is 11.8. The Kier molecular flexibility index (Phi) is 6.01. The molecule has 3 aliphatic rings. The Morgan fingerprint density at radius 3 is 2.67 bits per heavy atom. The van der Waals surface area contributed by atoms with Gasteiger partial charge in [0.25, 0.3) is 0 Å². The molecule has 3 fully saturated rings. The number of ether oxygens (including phenoxy) is 1. The van der Waals surface area contributed by atoms with Crippen molar-refractivity contribution in [1.29, 1.82) is 0 Å². The highest BCUT2D eigenvalue weighted by Gasteiger charge is 2.42. The molecule has 0 aromatic heterocycles. The Morgan fingerprint density at radius 1 is 1.37 bits per heavy atom. The van der Waals surface area contributed by atoms with Gasteiger partial charge in [0.2, 0.25) is 5.91 Å². The van der Waals surface area contributed by atoms with Crippen molar-refractivity contribution in [1.82, 2.24) is 20.4 Å². The summed E-state index contributed by atoms with van der Waals surface area (Å²) in [5, 5.41) is 6.63. The van der Waals surface area contributed by atoms with Crippen LogP contribution < -0.4 is 10.6 Å². The number of nitrogens with zero attached hydrogens (tertiary/aromatic N) is 3. The number of rotatable bonds is 3. The molecule has 27 heavy (non-hydrogen) atoms. The number of piperidine rings is 1. The standard InChI is InChI=1S/C20H37N5O2/c1-15-10-25(11-16(2)27-15)19(3,4)12-23-18(21-5)24-8-6-7-20(14-24)9-17(26)22-13-20/h15-16H,6-14H2,1-5H3,(H,21,23)(H,22,26). The Hall–Kier alpha value is -1.34. The molecule has 3 rings (SSSR count). The molecule has 0 saturated carbocycles. The molecule has 7 nitrogen and oxygen atoms in total. The lowest BCUT2D eigenvalue weighted by atomic mass is 9.79. The van der Waals surface area contributed by atoms with E-state index in [1.165, 1.54) is 0 Å². The van der Waals surface area contributed by atoms with Crippen molar-refractivity contribution in [3.8, 4) is 0 Å². The van der Waals surface area contributed by atoms with Crippen LogP contribution in [0.4, 0.5) is 0 Å². The van der Waals surface area contributed by atoms with E-state index in [9.17, 15) is 4.79 Å². The number of hydrogen-bond donors (Lipinski definition) is 2. The lowest BCUT2D eigenvalue weighted by molar-refractivity contribution is -0.119.